The number of carbonyl (C=O) groups excluding carboxylic acids is 3. The van der Waals surface area contributed by atoms with E-state index in [1.165, 1.54) is 4.90 Å². The van der Waals surface area contributed by atoms with Gasteiger partial charge in [-0.2, -0.15) is 0 Å². The number of methoxy groups -OCH3 is 1. The molecule has 0 aliphatic rings. The summed E-state index contributed by atoms with van der Waals surface area (Å²) >= 11 is 0. The van der Waals surface area contributed by atoms with Crippen LogP contribution in [0, 0.1) is 6.92 Å². The van der Waals surface area contributed by atoms with Crippen molar-refractivity contribution in [3.63, 3.8) is 0 Å². The molecule has 0 saturated carbocycles. The van der Waals surface area contributed by atoms with Crippen LogP contribution in [0.3, 0.4) is 0 Å². The Hall–Kier alpha value is -4.18. The number of hydrogen-bond acceptors (Lipinski definition) is 5. The topological polar surface area (TPSA) is 137 Å². The molecule has 2 rings (SSSR count). The zero-order valence-corrected chi connectivity index (χ0v) is 22.0. The lowest BCUT2D eigenvalue weighted by molar-refractivity contribution is -0.138. The summed E-state index contributed by atoms with van der Waals surface area (Å²) in [5.41, 5.74) is 2.94. The van der Waals surface area contributed by atoms with E-state index in [2.05, 4.69) is 16.0 Å². The van der Waals surface area contributed by atoms with E-state index in [0.29, 0.717) is 30.9 Å². The fourth-order valence-electron chi connectivity index (χ4n) is 3.70. The number of nitrogens with one attached hydrogen (secondary N) is 3. The number of aliphatic carboxylic acids is 1. The fraction of sp³-hybridized carbons (Fsp3) is 0.379. The summed E-state index contributed by atoms with van der Waals surface area (Å²) in [7, 11) is 1.56. The highest BCUT2D eigenvalue weighted by molar-refractivity contribution is 6.00. The minimum atomic E-state index is -1.04. The third-order valence-corrected chi connectivity index (χ3v) is 5.59. The maximum Gasteiger partial charge on any atom is 0.323 e. The molecule has 39 heavy (non-hydrogen) atoms. The normalized spacial score (nSPS) is 11.3. The van der Waals surface area contributed by atoms with Crippen molar-refractivity contribution in [3.05, 3.63) is 71.8 Å². The number of ether oxygens (including phenoxy) is 1. The Bertz CT molecular complexity index is 1120. The van der Waals surface area contributed by atoms with Gasteiger partial charge in [0.25, 0.3) is 0 Å². The quantitative estimate of drug-likeness (QED) is 0.209. The molecule has 2 aromatic rings. The van der Waals surface area contributed by atoms with Crippen LogP contribution >= 0.6 is 0 Å². The first kappa shape index (κ1) is 32.8. The van der Waals surface area contributed by atoms with Gasteiger partial charge in [-0.1, -0.05) is 49.9 Å². The highest BCUT2D eigenvalue weighted by atomic mass is 16.5. The summed E-state index contributed by atoms with van der Waals surface area (Å²) in [6, 6.07) is 13.3. The number of rotatable bonds is 14. The Morgan fingerprint density at radius 1 is 1.05 bits per heavy atom. The average Bonchev–Trinajstić information content (AvgIpc) is 2.86. The lowest BCUT2D eigenvalue weighted by Gasteiger charge is -2.23. The molecule has 0 aliphatic heterocycles. The van der Waals surface area contributed by atoms with Crippen LogP contribution in [-0.4, -0.2) is 66.7 Å². The van der Waals surface area contributed by atoms with Gasteiger partial charge in [0.05, 0.1) is 25.4 Å². The van der Waals surface area contributed by atoms with Crippen LogP contribution in [-0.2, 0) is 25.5 Å². The van der Waals surface area contributed by atoms with Gasteiger partial charge in [-0.05, 0) is 49.6 Å². The van der Waals surface area contributed by atoms with Crippen LogP contribution in [0.5, 0.6) is 0 Å². The van der Waals surface area contributed by atoms with E-state index in [-0.39, 0.29) is 38.8 Å². The number of carboxylic acids is 1. The molecule has 0 bridgehead atoms. The van der Waals surface area contributed by atoms with E-state index in [1.54, 1.807) is 50.5 Å². The third kappa shape index (κ3) is 12.3. The molecule has 2 aromatic carbocycles. The summed E-state index contributed by atoms with van der Waals surface area (Å²) in [5, 5.41) is 17.3. The summed E-state index contributed by atoms with van der Waals surface area (Å²) in [6.07, 6.45) is 3.61. The van der Waals surface area contributed by atoms with Gasteiger partial charge in [0, 0.05) is 31.6 Å². The van der Waals surface area contributed by atoms with Crippen molar-refractivity contribution in [2.45, 2.75) is 46.6 Å². The van der Waals surface area contributed by atoms with Gasteiger partial charge < -0.3 is 30.7 Å². The van der Waals surface area contributed by atoms with E-state index in [4.69, 9.17) is 9.84 Å². The molecule has 10 heteroatoms. The molecular formula is C29H40N4O6. The minimum Gasteiger partial charge on any atom is -0.481 e. The molecule has 10 nitrogen and oxygen atoms in total. The highest BCUT2D eigenvalue weighted by Crippen LogP contribution is 2.15. The van der Waals surface area contributed by atoms with Gasteiger partial charge >= 0.3 is 12.0 Å². The van der Waals surface area contributed by atoms with Gasteiger partial charge in [0.2, 0.25) is 11.8 Å². The zero-order chi connectivity index (χ0) is 27.9. The first-order chi connectivity index (χ1) is 18.2. The van der Waals surface area contributed by atoms with Gasteiger partial charge in [0.15, 0.2) is 0 Å². The lowest BCUT2D eigenvalue weighted by Crippen LogP contribution is -2.45. The predicted octanol–water partition coefficient (Wildman–Crippen LogP) is 4.22. The zero-order valence-electron chi connectivity index (χ0n) is 22.0. The van der Waals surface area contributed by atoms with Crippen molar-refractivity contribution in [1.29, 1.82) is 0 Å². The smallest absolute Gasteiger partial charge is 0.323 e. The minimum absolute atomic E-state index is 0. The molecule has 0 fully saturated rings. The van der Waals surface area contributed by atoms with E-state index >= 15 is 0 Å². The number of hydrogen-bond donors (Lipinski definition) is 4. The average molecular weight is 541 g/mol. The van der Waals surface area contributed by atoms with Crippen molar-refractivity contribution in [1.82, 2.24) is 10.2 Å². The summed E-state index contributed by atoms with van der Waals surface area (Å²) in [6.45, 7) is 4.18. The van der Waals surface area contributed by atoms with E-state index in [0.717, 1.165) is 11.1 Å². The summed E-state index contributed by atoms with van der Waals surface area (Å²) in [5.74, 6) is -1.73. The Labute approximate surface area is 230 Å². The van der Waals surface area contributed by atoms with E-state index < -0.39 is 17.9 Å². The largest absolute Gasteiger partial charge is 0.481 e. The predicted molar refractivity (Wildman–Crippen MR) is 153 cm³/mol. The number of urea groups is 1. The van der Waals surface area contributed by atoms with Gasteiger partial charge in [-0.15, -0.1) is 0 Å². The molecule has 4 N–H and O–H groups in total. The fourth-order valence-corrected chi connectivity index (χ4v) is 3.70. The van der Waals surface area contributed by atoms with E-state index in [1.807, 2.05) is 31.2 Å². The van der Waals surface area contributed by atoms with E-state index in [9.17, 15) is 19.2 Å². The number of amides is 4. The van der Waals surface area contributed by atoms with Crippen LogP contribution in [0.2, 0.25) is 0 Å². The molecule has 0 aromatic heterocycles. The second-order valence-corrected chi connectivity index (χ2v) is 8.73. The number of para-hydroxylation sites is 1. The number of aryl methyl sites for hydroxylation is 1. The maximum absolute atomic E-state index is 13.0. The van der Waals surface area contributed by atoms with Crippen molar-refractivity contribution in [2.24, 2.45) is 0 Å². The van der Waals surface area contributed by atoms with Crippen LogP contribution in [0.15, 0.2) is 60.7 Å². The van der Waals surface area contributed by atoms with Gasteiger partial charge in [0.1, 0.15) is 0 Å². The Morgan fingerprint density at radius 3 is 2.36 bits per heavy atom. The Balaban J connectivity index is 0.00000760. The SMILES string of the molecule is C.C/C=C/[C@H](CC(=O)O)NC(=O)CN(CCCOC)C(=O)Cc1ccc(NC(=O)Nc2ccccc2C)cc1. The van der Waals surface area contributed by atoms with Crippen LogP contribution < -0.4 is 16.0 Å². The number of carbonyl (C=O) groups is 4. The maximum atomic E-state index is 13.0. The standard InChI is InChI=1S/C28H36N4O6.CH4/c1-4-8-23(18-27(35)36)29-25(33)19-32(15-7-16-38-3)26(34)17-21-11-13-22(14-12-21)30-28(37)31-24-10-6-5-9-20(24)2;/h4-6,8-14,23H,7,15-19H2,1-3H3,(H,29,33)(H,35,36)(H2,30,31,37);1H4/b8-4+;/t23-;/m1./s1. The van der Waals surface area contributed by atoms with Crippen molar-refractivity contribution >= 4 is 35.2 Å². The number of nitrogens with zero attached hydrogens (tertiary/aromatic N) is 1. The lowest BCUT2D eigenvalue weighted by atomic mass is 10.1. The monoisotopic (exact) mass is 540 g/mol. The van der Waals surface area contributed by atoms with Crippen molar-refractivity contribution < 1.29 is 29.0 Å². The molecule has 0 saturated heterocycles. The molecule has 1 atom stereocenters. The van der Waals surface area contributed by atoms with Gasteiger partial charge in [-0.3, -0.25) is 14.4 Å². The summed E-state index contributed by atoms with van der Waals surface area (Å²) in [4.78, 5) is 50.5. The van der Waals surface area contributed by atoms with Gasteiger partial charge in [-0.25, -0.2) is 4.79 Å². The number of carboxylic acid groups (broad SMARTS) is 1. The molecule has 0 radical (unpaired) electrons. The molecule has 0 heterocycles. The van der Waals surface area contributed by atoms with Crippen LogP contribution in [0.25, 0.3) is 0 Å². The number of benzene rings is 2. The molecule has 0 aliphatic carbocycles. The molecule has 0 unspecified atom stereocenters. The van der Waals surface area contributed by atoms with Crippen LogP contribution in [0.4, 0.5) is 16.2 Å². The highest BCUT2D eigenvalue weighted by Gasteiger charge is 2.20. The van der Waals surface area contributed by atoms with Crippen molar-refractivity contribution in [3.8, 4) is 0 Å². The first-order valence-electron chi connectivity index (χ1n) is 12.3. The Morgan fingerprint density at radius 2 is 1.74 bits per heavy atom. The number of anilines is 2. The number of allylic oxidation sites excluding steroid dienone is 1. The first-order valence-corrected chi connectivity index (χ1v) is 12.3. The molecular weight excluding hydrogens is 500 g/mol. The second kappa shape index (κ2) is 17.4. The second-order valence-electron chi connectivity index (χ2n) is 8.73. The van der Waals surface area contributed by atoms with Crippen LogP contribution in [0.1, 0.15) is 38.3 Å². The molecule has 0 spiro atoms. The van der Waals surface area contributed by atoms with Crippen molar-refractivity contribution in [2.75, 3.05) is 37.4 Å². The molecule has 4 amide bonds. The molecule has 212 valence electrons. The Kier molecular flexibility index (Phi) is 14.6. The summed E-state index contributed by atoms with van der Waals surface area (Å²) < 4.78 is 5.07. The third-order valence-electron chi connectivity index (χ3n) is 5.59.